The zero-order chi connectivity index (χ0) is 9.28. The van der Waals surface area contributed by atoms with Gasteiger partial charge >= 0.3 is 66.6 Å². The van der Waals surface area contributed by atoms with Gasteiger partial charge in [0, 0.05) is 0 Å². The molecule has 0 aliphatic carbocycles. The van der Waals surface area contributed by atoms with E-state index >= 15 is 0 Å². The number of aliphatic hydroxyl groups excluding tert-OH is 1. The van der Waals surface area contributed by atoms with E-state index in [9.17, 15) is 9.13 Å². The molecular weight excluding hydrogens is 237 g/mol. The summed E-state index contributed by atoms with van der Waals surface area (Å²) in [5.74, 6) is -2.41. The summed E-state index contributed by atoms with van der Waals surface area (Å²) in [6.45, 7) is 0. The Morgan fingerprint density at radius 1 is 1.08 bits per heavy atom. The van der Waals surface area contributed by atoms with Gasteiger partial charge in [0.1, 0.15) is 6.16 Å². The Balaban J connectivity index is 0. The number of rotatable bonds is 3. The van der Waals surface area contributed by atoms with Crippen molar-refractivity contribution in [3.05, 3.63) is 6.16 Å². The summed E-state index contributed by atoms with van der Waals surface area (Å²) in [5, 5.41) is 8.41. The maximum atomic E-state index is 10.1. The SMILES string of the molecule is O=P(O)(O)[CH]C(O)P(=O)(O)O.[KH]. The zero-order valence-corrected chi connectivity index (χ0v) is 6.89. The van der Waals surface area contributed by atoms with Gasteiger partial charge in [-0.25, -0.2) is 0 Å². The molecule has 0 aliphatic rings. The van der Waals surface area contributed by atoms with Crippen molar-refractivity contribution in [2.24, 2.45) is 0 Å². The molecule has 1 atom stereocenters. The molecule has 0 saturated carbocycles. The molecule has 0 aromatic carbocycles. The zero-order valence-electron chi connectivity index (χ0n) is 5.10. The number of hydrogen-bond acceptors (Lipinski definition) is 3. The molecule has 0 heterocycles. The molecular formula is C2H8KO7P2. The van der Waals surface area contributed by atoms with Crippen molar-refractivity contribution in [3.8, 4) is 0 Å². The molecule has 12 heavy (non-hydrogen) atoms. The van der Waals surface area contributed by atoms with Crippen LogP contribution in [0.25, 0.3) is 0 Å². The standard InChI is InChI=1S/C2H7O7P2.K.H/c3-2(11(7,8)9)1-10(4,5)6;;/h1-3H,(H2,4,5,6)(H2,7,8,9);;. The Morgan fingerprint density at radius 3 is 1.50 bits per heavy atom. The van der Waals surface area contributed by atoms with Gasteiger partial charge in [-0.3, -0.25) is 9.13 Å². The summed E-state index contributed by atoms with van der Waals surface area (Å²) in [5.41, 5.74) is 0. The Morgan fingerprint density at radius 2 is 1.42 bits per heavy atom. The van der Waals surface area contributed by atoms with Gasteiger partial charge < -0.3 is 24.7 Å². The van der Waals surface area contributed by atoms with E-state index in [4.69, 9.17) is 24.7 Å². The van der Waals surface area contributed by atoms with E-state index in [0.717, 1.165) is 0 Å². The van der Waals surface area contributed by atoms with Gasteiger partial charge in [0.05, 0.1) is 0 Å². The van der Waals surface area contributed by atoms with Gasteiger partial charge in [-0.15, -0.1) is 0 Å². The molecule has 0 aromatic rings. The average molecular weight is 245 g/mol. The first-order valence-electron chi connectivity index (χ1n) is 2.27. The molecule has 10 heteroatoms. The van der Waals surface area contributed by atoms with E-state index in [-0.39, 0.29) is 57.5 Å². The molecule has 0 bridgehead atoms. The van der Waals surface area contributed by atoms with E-state index in [2.05, 4.69) is 0 Å². The van der Waals surface area contributed by atoms with Crippen LogP contribution in [0.4, 0.5) is 0 Å². The first kappa shape index (κ1) is 16.3. The van der Waals surface area contributed by atoms with Gasteiger partial charge in [-0.1, -0.05) is 0 Å². The van der Waals surface area contributed by atoms with Gasteiger partial charge in [-0.05, 0) is 0 Å². The predicted molar refractivity (Wildman–Crippen MR) is 41.5 cm³/mol. The van der Waals surface area contributed by atoms with Gasteiger partial charge in [0.25, 0.3) is 0 Å². The Labute approximate surface area is 111 Å². The Hall–Kier alpha value is 1.90. The van der Waals surface area contributed by atoms with Crippen LogP contribution in [0.3, 0.4) is 0 Å². The van der Waals surface area contributed by atoms with E-state index in [0.29, 0.717) is 0 Å². The first-order chi connectivity index (χ1) is 4.63. The van der Waals surface area contributed by atoms with Gasteiger partial charge in [0.15, 0.2) is 5.85 Å². The molecule has 0 aromatic heterocycles. The fourth-order valence-electron chi connectivity index (χ4n) is 0.261. The Kier molecular flexibility index (Phi) is 7.76. The van der Waals surface area contributed by atoms with Crippen LogP contribution in [0.5, 0.6) is 0 Å². The predicted octanol–water partition coefficient (Wildman–Crippen LogP) is -1.83. The monoisotopic (exact) mass is 245 g/mol. The molecule has 1 radical (unpaired) electrons. The molecule has 69 valence electrons. The Bertz CT molecular complexity index is 215. The summed E-state index contributed by atoms with van der Waals surface area (Å²) < 4.78 is 20.1. The van der Waals surface area contributed by atoms with Crippen molar-refractivity contribution in [2.45, 2.75) is 5.85 Å². The van der Waals surface area contributed by atoms with Crippen LogP contribution >= 0.6 is 15.2 Å². The molecule has 0 fully saturated rings. The quantitative estimate of drug-likeness (QED) is 0.291. The molecule has 7 nitrogen and oxygen atoms in total. The molecule has 0 saturated heterocycles. The molecule has 0 amide bonds. The van der Waals surface area contributed by atoms with Crippen LogP contribution in [0, 0.1) is 6.16 Å². The number of aliphatic hydroxyl groups is 1. The third kappa shape index (κ3) is 8.49. The summed E-state index contributed by atoms with van der Waals surface area (Å²) in [6.07, 6.45) is -0.103. The topological polar surface area (TPSA) is 135 Å². The van der Waals surface area contributed by atoms with Crippen LogP contribution < -0.4 is 0 Å². The van der Waals surface area contributed by atoms with E-state index in [1.807, 2.05) is 0 Å². The minimum absolute atomic E-state index is 0. The van der Waals surface area contributed by atoms with Crippen molar-refractivity contribution in [1.82, 2.24) is 0 Å². The minimum atomic E-state index is -4.85. The van der Waals surface area contributed by atoms with Crippen LogP contribution in [-0.4, -0.2) is 81.9 Å². The first-order valence-corrected chi connectivity index (χ1v) is 5.64. The van der Waals surface area contributed by atoms with Crippen LogP contribution in [0.2, 0.25) is 0 Å². The van der Waals surface area contributed by atoms with Crippen molar-refractivity contribution in [2.75, 3.05) is 0 Å². The average Bonchev–Trinajstić information content (AvgIpc) is 1.56. The van der Waals surface area contributed by atoms with Crippen LogP contribution in [0.15, 0.2) is 0 Å². The third-order valence-electron chi connectivity index (χ3n) is 0.672. The van der Waals surface area contributed by atoms with Crippen molar-refractivity contribution in [1.29, 1.82) is 0 Å². The van der Waals surface area contributed by atoms with E-state index < -0.39 is 21.0 Å². The van der Waals surface area contributed by atoms with E-state index in [1.165, 1.54) is 0 Å². The molecule has 1 unspecified atom stereocenters. The second-order valence-electron chi connectivity index (χ2n) is 1.74. The summed E-state index contributed by atoms with van der Waals surface area (Å²) in [4.78, 5) is 32.5. The molecule has 0 aliphatic heterocycles. The van der Waals surface area contributed by atoms with Crippen molar-refractivity contribution < 1.29 is 33.8 Å². The molecule has 0 rings (SSSR count). The maximum absolute atomic E-state index is 10.1. The summed E-state index contributed by atoms with van der Waals surface area (Å²) in [6, 6.07) is 0. The third-order valence-corrected chi connectivity index (χ3v) is 2.42. The second kappa shape index (κ2) is 5.70. The molecule has 5 N–H and O–H groups in total. The van der Waals surface area contributed by atoms with Crippen molar-refractivity contribution >= 4 is 66.6 Å². The fourth-order valence-corrected chi connectivity index (χ4v) is 1.82. The van der Waals surface area contributed by atoms with Gasteiger partial charge in [-0.2, -0.15) is 0 Å². The van der Waals surface area contributed by atoms with Crippen molar-refractivity contribution in [3.63, 3.8) is 0 Å². The van der Waals surface area contributed by atoms with Crippen LogP contribution in [-0.2, 0) is 9.13 Å². The van der Waals surface area contributed by atoms with Gasteiger partial charge in [0.2, 0.25) is 0 Å². The second-order valence-corrected chi connectivity index (χ2v) is 4.92. The van der Waals surface area contributed by atoms with E-state index in [1.54, 1.807) is 0 Å². The molecule has 0 spiro atoms. The normalized spacial score (nSPS) is 15.1. The fraction of sp³-hybridized carbons (Fsp3) is 0.500. The summed E-state index contributed by atoms with van der Waals surface area (Å²) in [7, 11) is -9.53. The number of hydrogen-bond donors (Lipinski definition) is 5. The summed E-state index contributed by atoms with van der Waals surface area (Å²) >= 11 is 0. The van der Waals surface area contributed by atoms with Crippen LogP contribution in [0.1, 0.15) is 0 Å².